The first-order chi connectivity index (χ1) is 10.3. The van der Waals surface area contributed by atoms with E-state index in [2.05, 4.69) is 53.4 Å². The lowest BCUT2D eigenvalue weighted by Gasteiger charge is -2.20. The Labute approximate surface area is 129 Å². The van der Waals surface area contributed by atoms with E-state index in [1.54, 1.807) is 11.3 Å². The monoisotopic (exact) mass is 297 g/mol. The molecule has 0 aliphatic heterocycles. The van der Waals surface area contributed by atoms with Crippen LogP contribution in [0.5, 0.6) is 0 Å². The first-order valence-corrected chi connectivity index (χ1v) is 8.16. The molecule has 1 unspecified atom stereocenters. The fourth-order valence-electron chi connectivity index (χ4n) is 2.60. The van der Waals surface area contributed by atoms with Crippen LogP contribution in [0.2, 0.25) is 0 Å². The highest BCUT2D eigenvalue weighted by molar-refractivity contribution is 7.09. The summed E-state index contributed by atoms with van der Waals surface area (Å²) in [6.07, 6.45) is 2.95. The Kier molecular flexibility index (Phi) is 4.27. The third-order valence-corrected chi connectivity index (χ3v) is 4.63. The zero-order valence-electron chi connectivity index (χ0n) is 12.3. The lowest BCUT2D eigenvalue weighted by molar-refractivity contribution is 0.605. The van der Waals surface area contributed by atoms with Gasteiger partial charge in [0.05, 0.1) is 22.8 Å². The van der Waals surface area contributed by atoms with Crippen LogP contribution in [-0.2, 0) is 0 Å². The smallest absolute Gasteiger partial charge is 0.0798 e. The Morgan fingerprint density at radius 1 is 1.19 bits per heavy atom. The summed E-state index contributed by atoms with van der Waals surface area (Å²) in [4.78, 5) is 10.2. The van der Waals surface area contributed by atoms with Gasteiger partial charge in [-0.05, 0) is 37.6 Å². The molecule has 21 heavy (non-hydrogen) atoms. The van der Waals surface area contributed by atoms with E-state index in [1.807, 2.05) is 17.8 Å². The number of hydrogen-bond acceptors (Lipinski definition) is 4. The predicted molar refractivity (Wildman–Crippen MR) is 88.7 cm³/mol. The molecule has 4 heteroatoms. The van der Waals surface area contributed by atoms with Crippen LogP contribution in [-0.4, -0.2) is 16.5 Å². The number of aryl methyl sites for hydroxylation is 1. The summed E-state index contributed by atoms with van der Waals surface area (Å²) in [7, 11) is 0. The summed E-state index contributed by atoms with van der Waals surface area (Å²) in [6.45, 7) is 5.25. The Bertz CT molecular complexity index is 730. The average Bonchev–Trinajstić information content (AvgIpc) is 2.94. The lowest BCUT2D eigenvalue weighted by atomic mass is 9.99. The van der Waals surface area contributed by atoms with E-state index in [4.69, 9.17) is 0 Å². The maximum atomic E-state index is 4.47. The number of nitrogens with one attached hydrogen (secondary N) is 1. The second-order valence-corrected chi connectivity index (χ2v) is 5.99. The molecule has 0 spiro atoms. The van der Waals surface area contributed by atoms with Crippen molar-refractivity contribution in [2.24, 2.45) is 0 Å². The second kappa shape index (κ2) is 6.33. The van der Waals surface area contributed by atoms with Crippen LogP contribution in [0.15, 0.2) is 42.0 Å². The van der Waals surface area contributed by atoms with Gasteiger partial charge in [-0.15, -0.1) is 11.3 Å². The van der Waals surface area contributed by atoms with Gasteiger partial charge in [0.2, 0.25) is 0 Å². The minimum Gasteiger partial charge on any atom is -0.306 e. The van der Waals surface area contributed by atoms with Crippen molar-refractivity contribution in [2.75, 3.05) is 6.54 Å². The number of aromatic nitrogens is 2. The lowest BCUT2D eigenvalue weighted by Crippen LogP contribution is -2.23. The van der Waals surface area contributed by atoms with Gasteiger partial charge in [0.1, 0.15) is 0 Å². The molecule has 3 nitrogen and oxygen atoms in total. The molecule has 0 saturated heterocycles. The van der Waals surface area contributed by atoms with Gasteiger partial charge in [0, 0.05) is 16.5 Å². The first-order valence-electron chi connectivity index (χ1n) is 7.28. The van der Waals surface area contributed by atoms with E-state index in [-0.39, 0.29) is 6.04 Å². The number of hydrogen-bond donors (Lipinski definition) is 1. The molecule has 3 aromatic rings. The topological polar surface area (TPSA) is 37.8 Å². The Morgan fingerprint density at radius 3 is 2.86 bits per heavy atom. The van der Waals surface area contributed by atoms with Crippen molar-refractivity contribution in [1.82, 2.24) is 15.3 Å². The quantitative estimate of drug-likeness (QED) is 0.771. The van der Waals surface area contributed by atoms with Gasteiger partial charge in [-0.25, -0.2) is 4.98 Å². The molecule has 1 atom stereocenters. The average molecular weight is 297 g/mol. The van der Waals surface area contributed by atoms with E-state index in [0.29, 0.717) is 0 Å². The molecule has 0 amide bonds. The number of fused-ring (bicyclic) bond motifs is 1. The van der Waals surface area contributed by atoms with Crippen LogP contribution in [0.25, 0.3) is 10.9 Å². The number of pyridine rings is 1. The maximum Gasteiger partial charge on any atom is 0.0798 e. The van der Waals surface area contributed by atoms with Crippen molar-refractivity contribution in [3.05, 3.63) is 58.2 Å². The van der Waals surface area contributed by atoms with Gasteiger partial charge in [0.15, 0.2) is 0 Å². The highest BCUT2D eigenvalue weighted by Crippen LogP contribution is 2.32. The molecular weight excluding hydrogens is 278 g/mol. The Hall–Kier alpha value is -1.78. The van der Waals surface area contributed by atoms with Crippen LogP contribution in [0.4, 0.5) is 0 Å². The SMILES string of the molecule is CCCNC(c1scnc1C)c1cccc2ncccc12. The third-order valence-electron chi connectivity index (χ3n) is 3.63. The molecule has 1 N–H and O–H groups in total. The molecule has 0 saturated carbocycles. The summed E-state index contributed by atoms with van der Waals surface area (Å²) in [5, 5.41) is 4.87. The molecule has 0 fully saturated rings. The molecule has 108 valence electrons. The van der Waals surface area contributed by atoms with Gasteiger partial charge in [-0.1, -0.05) is 25.1 Å². The van der Waals surface area contributed by atoms with Crippen molar-refractivity contribution in [3.8, 4) is 0 Å². The Morgan fingerprint density at radius 2 is 2.10 bits per heavy atom. The number of benzene rings is 1. The molecule has 0 aliphatic carbocycles. The largest absolute Gasteiger partial charge is 0.306 e. The zero-order valence-corrected chi connectivity index (χ0v) is 13.2. The minimum absolute atomic E-state index is 0.186. The fraction of sp³-hybridized carbons (Fsp3) is 0.294. The zero-order chi connectivity index (χ0) is 14.7. The highest BCUT2D eigenvalue weighted by Gasteiger charge is 2.19. The standard InChI is InChI=1S/C17H19N3S/c1-3-9-19-16(17-12(2)20-11-21-17)14-6-4-8-15-13(14)7-5-10-18-15/h4-8,10-11,16,19H,3,9H2,1-2H3. The molecule has 0 aliphatic rings. The van der Waals surface area contributed by atoms with E-state index >= 15 is 0 Å². The van der Waals surface area contributed by atoms with Crippen LogP contribution < -0.4 is 5.32 Å². The van der Waals surface area contributed by atoms with E-state index in [0.717, 1.165) is 24.2 Å². The maximum absolute atomic E-state index is 4.47. The molecular formula is C17H19N3S. The highest BCUT2D eigenvalue weighted by atomic mass is 32.1. The van der Waals surface area contributed by atoms with Gasteiger partial charge in [-0.2, -0.15) is 0 Å². The predicted octanol–water partition coefficient (Wildman–Crippen LogP) is 4.09. The summed E-state index contributed by atoms with van der Waals surface area (Å²) < 4.78 is 0. The van der Waals surface area contributed by atoms with Crippen LogP contribution in [0.3, 0.4) is 0 Å². The van der Waals surface area contributed by atoms with Gasteiger partial charge in [0.25, 0.3) is 0 Å². The van der Waals surface area contributed by atoms with Crippen LogP contribution in [0.1, 0.15) is 35.5 Å². The molecule has 2 aromatic heterocycles. The van der Waals surface area contributed by atoms with E-state index in [9.17, 15) is 0 Å². The summed E-state index contributed by atoms with van der Waals surface area (Å²) >= 11 is 1.72. The summed E-state index contributed by atoms with van der Waals surface area (Å²) in [5.41, 5.74) is 5.35. The first kappa shape index (κ1) is 14.2. The van der Waals surface area contributed by atoms with E-state index < -0.39 is 0 Å². The molecule has 0 bridgehead atoms. The van der Waals surface area contributed by atoms with Crippen LogP contribution in [0, 0.1) is 6.92 Å². The van der Waals surface area contributed by atoms with Gasteiger partial charge in [-0.3, -0.25) is 4.98 Å². The Balaban J connectivity index is 2.12. The van der Waals surface area contributed by atoms with Crippen molar-refractivity contribution in [3.63, 3.8) is 0 Å². The van der Waals surface area contributed by atoms with Crippen molar-refractivity contribution < 1.29 is 0 Å². The van der Waals surface area contributed by atoms with Gasteiger partial charge >= 0.3 is 0 Å². The molecule has 0 radical (unpaired) electrons. The number of thiazole rings is 1. The molecule has 1 aromatic carbocycles. The van der Waals surface area contributed by atoms with E-state index in [1.165, 1.54) is 15.8 Å². The van der Waals surface area contributed by atoms with Gasteiger partial charge < -0.3 is 5.32 Å². The third kappa shape index (κ3) is 2.82. The van der Waals surface area contributed by atoms with Crippen molar-refractivity contribution >= 4 is 22.2 Å². The number of rotatable bonds is 5. The molecule has 3 rings (SSSR count). The fourth-order valence-corrected chi connectivity index (χ4v) is 3.49. The second-order valence-electron chi connectivity index (χ2n) is 5.11. The van der Waals surface area contributed by atoms with Crippen LogP contribution >= 0.6 is 11.3 Å². The van der Waals surface area contributed by atoms with Crippen molar-refractivity contribution in [2.45, 2.75) is 26.3 Å². The number of nitrogens with zero attached hydrogens (tertiary/aromatic N) is 2. The minimum atomic E-state index is 0.186. The van der Waals surface area contributed by atoms with Crippen molar-refractivity contribution in [1.29, 1.82) is 0 Å². The summed E-state index contributed by atoms with van der Waals surface area (Å²) in [6, 6.07) is 10.7. The molecule has 2 heterocycles. The normalized spacial score (nSPS) is 12.7. The summed E-state index contributed by atoms with van der Waals surface area (Å²) in [5.74, 6) is 0.